The smallest absolute Gasteiger partial charge is 0.246 e. The zero-order valence-corrected chi connectivity index (χ0v) is 17.9. The van der Waals surface area contributed by atoms with E-state index in [0.29, 0.717) is 12.6 Å². The average Bonchev–Trinajstić information content (AvgIpc) is 3.48. The number of carbonyl (C=O) groups excluding carboxylic acids is 1. The SMILES string of the molecule is Cc1nc(COc2ccc(/C=C/C(=O)N3CCCC3CN3CCCC3)cc2)cs1. The van der Waals surface area contributed by atoms with Gasteiger partial charge in [-0.2, -0.15) is 0 Å². The summed E-state index contributed by atoms with van der Waals surface area (Å²) in [7, 11) is 0. The second-order valence-electron chi connectivity index (χ2n) is 7.88. The molecule has 0 bridgehead atoms. The van der Waals surface area contributed by atoms with Crippen molar-refractivity contribution in [2.75, 3.05) is 26.2 Å². The van der Waals surface area contributed by atoms with Crippen molar-refractivity contribution in [3.63, 3.8) is 0 Å². The fourth-order valence-corrected chi connectivity index (χ4v) is 4.75. The van der Waals surface area contributed by atoms with Crippen molar-refractivity contribution in [1.82, 2.24) is 14.8 Å². The van der Waals surface area contributed by atoms with Crippen LogP contribution in [0.25, 0.3) is 6.08 Å². The Morgan fingerprint density at radius 2 is 2.00 bits per heavy atom. The molecule has 0 spiro atoms. The molecule has 1 amide bonds. The van der Waals surface area contributed by atoms with Crippen LogP contribution in [-0.4, -0.2) is 52.9 Å². The fraction of sp³-hybridized carbons (Fsp3) is 0.478. The minimum atomic E-state index is 0.130. The molecule has 2 aromatic rings. The summed E-state index contributed by atoms with van der Waals surface area (Å²) in [5, 5.41) is 3.07. The maximum Gasteiger partial charge on any atom is 0.246 e. The fourth-order valence-electron chi connectivity index (χ4n) is 4.15. The Hall–Kier alpha value is -2.18. The van der Waals surface area contributed by atoms with E-state index >= 15 is 0 Å². The first-order valence-corrected chi connectivity index (χ1v) is 11.4. The summed E-state index contributed by atoms with van der Waals surface area (Å²) in [6, 6.07) is 8.22. The van der Waals surface area contributed by atoms with Crippen LogP contribution in [0.4, 0.5) is 0 Å². The molecule has 1 aromatic carbocycles. The maximum atomic E-state index is 12.7. The largest absolute Gasteiger partial charge is 0.487 e. The molecular weight excluding hydrogens is 382 g/mol. The van der Waals surface area contributed by atoms with Gasteiger partial charge in [-0.3, -0.25) is 4.79 Å². The van der Waals surface area contributed by atoms with Gasteiger partial charge in [-0.1, -0.05) is 12.1 Å². The molecule has 4 rings (SSSR count). The van der Waals surface area contributed by atoms with Crippen molar-refractivity contribution >= 4 is 23.3 Å². The number of carbonyl (C=O) groups is 1. The van der Waals surface area contributed by atoms with Crippen LogP contribution < -0.4 is 4.74 Å². The molecule has 2 fully saturated rings. The third-order valence-corrected chi connectivity index (χ3v) is 6.50. The maximum absolute atomic E-state index is 12.7. The first-order chi connectivity index (χ1) is 14.2. The molecule has 3 heterocycles. The van der Waals surface area contributed by atoms with Gasteiger partial charge in [0, 0.05) is 30.6 Å². The van der Waals surface area contributed by atoms with Gasteiger partial charge in [0.2, 0.25) is 5.91 Å². The van der Waals surface area contributed by atoms with Gasteiger partial charge < -0.3 is 14.5 Å². The first kappa shape index (κ1) is 20.1. The molecule has 2 aliphatic heterocycles. The number of hydrogen-bond acceptors (Lipinski definition) is 5. The van der Waals surface area contributed by atoms with E-state index in [1.165, 1.54) is 25.9 Å². The minimum Gasteiger partial charge on any atom is -0.487 e. The molecule has 0 saturated carbocycles. The summed E-state index contributed by atoms with van der Waals surface area (Å²) in [6.07, 6.45) is 8.45. The van der Waals surface area contributed by atoms with Crippen LogP contribution in [0.2, 0.25) is 0 Å². The second-order valence-corrected chi connectivity index (χ2v) is 8.95. The zero-order chi connectivity index (χ0) is 20.1. The predicted octanol–water partition coefficient (Wildman–Crippen LogP) is 4.13. The van der Waals surface area contributed by atoms with Crippen molar-refractivity contribution < 1.29 is 9.53 Å². The summed E-state index contributed by atoms with van der Waals surface area (Å²) < 4.78 is 5.78. The Morgan fingerprint density at radius 3 is 2.72 bits per heavy atom. The summed E-state index contributed by atoms with van der Waals surface area (Å²) in [4.78, 5) is 21.7. The topological polar surface area (TPSA) is 45.7 Å². The molecule has 0 aliphatic carbocycles. The lowest BCUT2D eigenvalue weighted by Crippen LogP contribution is -2.41. The van der Waals surface area contributed by atoms with Gasteiger partial charge in [0.05, 0.1) is 10.7 Å². The summed E-state index contributed by atoms with van der Waals surface area (Å²) in [5.74, 6) is 0.940. The Kier molecular flexibility index (Phi) is 6.62. The van der Waals surface area contributed by atoms with Gasteiger partial charge in [0.1, 0.15) is 12.4 Å². The van der Waals surface area contributed by atoms with Crippen LogP contribution in [0.3, 0.4) is 0 Å². The van der Waals surface area contributed by atoms with Crippen molar-refractivity contribution in [2.45, 2.75) is 45.3 Å². The summed E-state index contributed by atoms with van der Waals surface area (Å²) in [5.41, 5.74) is 1.96. The summed E-state index contributed by atoms with van der Waals surface area (Å²) in [6.45, 7) is 6.75. The molecule has 2 aliphatic rings. The number of aryl methyl sites for hydroxylation is 1. The molecule has 29 heavy (non-hydrogen) atoms. The van der Waals surface area contributed by atoms with Gasteiger partial charge >= 0.3 is 0 Å². The molecule has 1 unspecified atom stereocenters. The van der Waals surface area contributed by atoms with Crippen molar-refractivity contribution in [3.05, 3.63) is 52.0 Å². The van der Waals surface area contributed by atoms with Crippen LogP contribution in [0.5, 0.6) is 5.75 Å². The quantitative estimate of drug-likeness (QED) is 0.643. The molecule has 154 valence electrons. The van der Waals surface area contributed by atoms with E-state index in [1.807, 2.05) is 42.6 Å². The highest BCUT2D eigenvalue weighted by molar-refractivity contribution is 7.09. The number of ether oxygens (including phenoxy) is 1. The number of likely N-dealkylation sites (tertiary alicyclic amines) is 2. The Labute approximate surface area is 177 Å². The molecule has 6 heteroatoms. The number of hydrogen-bond donors (Lipinski definition) is 0. The van der Waals surface area contributed by atoms with Crippen molar-refractivity contribution in [1.29, 1.82) is 0 Å². The lowest BCUT2D eigenvalue weighted by molar-refractivity contribution is -0.127. The molecule has 0 radical (unpaired) electrons. The third kappa shape index (κ3) is 5.46. The third-order valence-electron chi connectivity index (χ3n) is 5.68. The van der Waals surface area contributed by atoms with Gasteiger partial charge in [-0.15, -0.1) is 11.3 Å². The lowest BCUT2D eigenvalue weighted by Gasteiger charge is -2.27. The summed E-state index contributed by atoms with van der Waals surface area (Å²) >= 11 is 1.63. The van der Waals surface area contributed by atoms with Gasteiger partial charge in [0.15, 0.2) is 0 Å². The highest BCUT2D eigenvalue weighted by Crippen LogP contribution is 2.21. The van der Waals surface area contributed by atoms with E-state index in [1.54, 1.807) is 17.4 Å². The Balaban J connectivity index is 1.29. The number of nitrogens with zero attached hydrogens (tertiary/aromatic N) is 3. The monoisotopic (exact) mass is 411 g/mol. The highest BCUT2D eigenvalue weighted by atomic mass is 32.1. The molecule has 1 atom stereocenters. The number of rotatable bonds is 7. The second kappa shape index (κ2) is 9.55. The molecular formula is C23H29N3O2S. The zero-order valence-electron chi connectivity index (χ0n) is 17.0. The first-order valence-electron chi connectivity index (χ1n) is 10.5. The normalized spacial score (nSPS) is 20.0. The Bertz CT molecular complexity index is 840. The molecule has 2 saturated heterocycles. The number of benzene rings is 1. The molecule has 5 nitrogen and oxygen atoms in total. The number of amides is 1. The van der Waals surface area contributed by atoms with Gasteiger partial charge in [0.25, 0.3) is 0 Å². The van der Waals surface area contributed by atoms with E-state index in [2.05, 4.69) is 14.8 Å². The van der Waals surface area contributed by atoms with E-state index in [4.69, 9.17) is 4.74 Å². The van der Waals surface area contributed by atoms with Gasteiger partial charge in [-0.05, 0) is 69.5 Å². The molecule has 0 N–H and O–H groups in total. The van der Waals surface area contributed by atoms with Crippen LogP contribution in [0, 0.1) is 6.92 Å². The minimum absolute atomic E-state index is 0.130. The van der Waals surface area contributed by atoms with E-state index in [9.17, 15) is 4.79 Å². The Morgan fingerprint density at radius 1 is 1.21 bits per heavy atom. The van der Waals surface area contributed by atoms with Crippen LogP contribution >= 0.6 is 11.3 Å². The van der Waals surface area contributed by atoms with Crippen molar-refractivity contribution in [2.24, 2.45) is 0 Å². The predicted molar refractivity (Wildman–Crippen MR) is 117 cm³/mol. The van der Waals surface area contributed by atoms with E-state index < -0.39 is 0 Å². The van der Waals surface area contributed by atoms with Gasteiger partial charge in [-0.25, -0.2) is 4.98 Å². The van der Waals surface area contributed by atoms with E-state index in [0.717, 1.165) is 47.9 Å². The number of thiazole rings is 1. The standard InChI is InChI=1S/C23H29N3O2S/c1-18-24-20(17-29-18)16-28-22-9-6-19(7-10-22)8-11-23(27)26-14-4-5-21(26)15-25-12-2-3-13-25/h6-11,17,21H,2-5,12-16H2,1H3/b11-8+. The average molecular weight is 412 g/mol. The van der Waals surface area contributed by atoms with Crippen LogP contribution in [0.15, 0.2) is 35.7 Å². The highest BCUT2D eigenvalue weighted by Gasteiger charge is 2.29. The van der Waals surface area contributed by atoms with E-state index in [-0.39, 0.29) is 5.91 Å². The lowest BCUT2D eigenvalue weighted by atomic mass is 10.2. The van der Waals surface area contributed by atoms with Crippen LogP contribution in [-0.2, 0) is 11.4 Å². The van der Waals surface area contributed by atoms with Crippen LogP contribution in [0.1, 0.15) is 41.9 Å². The van der Waals surface area contributed by atoms with Crippen molar-refractivity contribution in [3.8, 4) is 5.75 Å². The number of aromatic nitrogens is 1. The molecule has 1 aromatic heterocycles.